The maximum atomic E-state index is 12.9. The number of benzene rings is 1. The number of hydrogen-bond donors (Lipinski definition) is 2. The van der Waals surface area contributed by atoms with Crippen LogP contribution in [-0.4, -0.2) is 41.8 Å². The van der Waals surface area contributed by atoms with Crippen molar-refractivity contribution < 1.29 is 18.8 Å². The first-order valence-corrected chi connectivity index (χ1v) is 9.33. The van der Waals surface area contributed by atoms with Gasteiger partial charge in [-0.05, 0) is 41.5 Å². The van der Waals surface area contributed by atoms with Crippen molar-refractivity contribution in [2.75, 3.05) is 13.1 Å². The van der Waals surface area contributed by atoms with E-state index in [-0.39, 0.29) is 42.2 Å². The quantitative estimate of drug-likeness (QED) is 0.597. The van der Waals surface area contributed by atoms with Gasteiger partial charge < -0.3 is 15.5 Å². The molecule has 2 rings (SSSR count). The molecule has 152 valence electrons. The first-order valence-electron chi connectivity index (χ1n) is 9.33. The van der Waals surface area contributed by atoms with Crippen LogP contribution in [0.15, 0.2) is 36.9 Å². The minimum absolute atomic E-state index is 0.0196. The zero-order chi connectivity index (χ0) is 20.9. The summed E-state index contributed by atoms with van der Waals surface area (Å²) in [7, 11) is 0. The first kappa shape index (κ1) is 21.6. The number of halogens is 1. The van der Waals surface area contributed by atoms with Crippen molar-refractivity contribution in [1.29, 1.82) is 0 Å². The molecule has 1 aliphatic heterocycles. The van der Waals surface area contributed by atoms with Gasteiger partial charge in [0.15, 0.2) is 0 Å². The van der Waals surface area contributed by atoms with E-state index in [1.54, 1.807) is 12.1 Å². The minimum Gasteiger partial charge on any atom is -0.348 e. The van der Waals surface area contributed by atoms with E-state index in [9.17, 15) is 18.8 Å². The second-order valence-electron chi connectivity index (χ2n) is 8.36. The summed E-state index contributed by atoms with van der Waals surface area (Å²) in [5.74, 6) is -1.94. The Labute approximate surface area is 165 Å². The number of likely N-dealkylation sites (tertiary alicyclic amines) is 1. The standard InChI is InChI=1S/C21H28FN3O3/c1-5-18(26)24-17-13-25(12-15(17)10-21(2,3)4)20(28)19(27)23-11-14-6-8-16(22)9-7-14/h5-9,15,17H,1,10-13H2,2-4H3,(H,23,27)(H,24,26)/t15-,17-/m1/s1. The number of carbonyl (C=O) groups is 3. The van der Waals surface area contributed by atoms with Crippen LogP contribution in [0.5, 0.6) is 0 Å². The number of nitrogens with zero attached hydrogens (tertiary/aromatic N) is 1. The molecule has 0 aromatic heterocycles. The minimum atomic E-state index is -0.713. The topological polar surface area (TPSA) is 78.5 Å². The van der Waals surface area contributed by atoms with Gasteiger partial charge in [0.05, 0.1) is 6.04 Å². The summed E-state index contributed by atoms with van der Waals surface area (Å²) >= 11 is 0. The molecule has 0 spiro atoms. The second kappa shape index (κ2) is 8.99. The lowest BCUT2D eigenvalue weighted by Gasteiger charge is -2.26. The highest BCUT2D eigenvalue weighted by atomic mass is 19.1. The predicted octanol–water partition coefficient (Wildman–Crippen LogP) is 2.01. The molecule has 6 nitrogen and oxygen atoms in total. The van der Waals surface area contributed by atoms with Crippen LogP contribution in [0.3, 0.4) is 0 Å². The normalized spacial score (nSPS) is 19.2. The van der Waals surface area contributed by atoms with Crippen molar-refractivity contribution in [3.8, 4) is 0 Å². The van der Waals surface area contributed by atoms with Crippen molar-refractivity contribution in [1.82, 2.24) is 15.5 Å². The highest BCUT2D eigenvalue weighted by molar-refractivity contribution is 6.35. The molecule has 3 amide bonds. The fraction of sp³-hybridized carbons (Fsp3) is 0.476. The summed E-state index contributed by atoms with van der Waals surface area (Å²) in [6.45, 7) is 10.6. The van der Waals surface area contributed by atoms with Gasteiger partial charge in [-0.25, -0.2) is 4.39 Å². The van der Waals surface area contributed by atoms with Gasteiger partial charge in [-0.1, -0.05) is 39.5 Å². The number of carbonyl (C=O) groups excluding carboxylic acids is 3. The molecule has 7 heteroatoms. The summed E-state index contributed by atoms with van der Waals surface area (Å²) in [4.78, 5) is 38.0. The van der Waals surface area contributed by atoms with Crippen LogP contribution in [0, 0.1) is 17.2 Å². The van der Waals surface area contributed by atoms with Crippen LogP contribution in [0.25, 0.3) is 0 Å². The molecule has 2 N–H and O–H groups in total. The molecule has 0 unspecified atom stereocenters. The molecule has 1 aromatic carbocycles. The van der Waals surface area contributed by atoms with Gasteiger partial charge in [-0.15, -0.1) is 0 Å². The SMILES string of the molecule is C=CC(=O)N[C@@H]1CN(C(=O)C(=O)NCc2ccc(F)cc2)C[C@H]1CC(C)(C)C. The highest BCUT2D eigenvalue weighted by Gasteiger charge is 2.39. The van der Waals surface area contributed by atoms with Crippen molar-refractivity contribution >= 4 is 17.7 Å². The number of nitrogens with one attached hydrogen (secondary N) is 2. The largest absolute Gasteiger partial charge is 0.348 e. The van der Waals surface area contributed by atoms with Crippen LogP contribution < -0.4 is 10.6 Å². The van der Waals surface area contributed by atoms with Crippen molar-refractivity contribution in [2.45, 2.75) is 39.8 Å². The molecule has 0 bridgehead atoms. The molecule has 0 aliphatic carbocycles. The van der Waals surface area contributed by atoms with Gasteiger partial charge in [0.25, 0.3) is 0 Å². The lowest BCUT2D eigenvalue weighted by molar-refractivity contribution is -0.145. The summed E-state index contributed by atoms with van der Waals surface area (Å²) in [6.07, 6.45) is 2.00. The van der Waals surface area contributed by atoms with Gasteiger partial charge in [-0.3, -0.25) is 14.4 Å². The predicted molar refractivity (Wildman–Crippen MR) is 105 cm³/mol. The maximum Gasteiger partial charge on any atom is 0.311 e. The number of amides is 3. The van der Waals surface area contributed by atoms with E-state index in [0.717, 1.165) is 6.42 Å². The highest BCUT2D eigenvalue weighted by Crippen LogP contribution is 2.30. The Kier molecular flexibility index (Phi) is 6.94. The van der Waals surface area contributed by atoms with Crippen molar-refractivity contribution in [3.63, 3.8) is 0 Å². The molecule has 0 saturated carbocycles. The molecule has 1 saturated heterocycles. The Morgan fingerprint density at radius 1 is 1.21 bits per heavy atom. The number of rotatable bonds is 5. The van der Waals surface area contributed by atoms with E-state index >= 15 is 0 Å². The zero-order valence-electron chi connectivity index (χ0n) is 16.6. The third-order valence-corrected chi connectivity index (χ3v) is 4.68. The van der Waals surface area contributed by atoms with Gasteiger partial charge >= 0.3 is 11.8 Å². The third kappa shape index (κ3) is 6.18. The van der Waals surface area contributed by atoms with Crippen LogP contribution >= 0.6 is 0 Å². The molecular weight excluding hydrogens is 361 g/mol. The van der Waals surface area contributed by atoms with Crippen LogP contribution in [0.2, 0.25) is 0 Å². The van der Waals surface area contributed by atoms with Crippen molar-refractivity contribution in [3.05, 3.63) is 48.3 Å². The Bertz CT molecular complexity index is 740. The summed E-state index contributed by atoms with van der Waals surface area (Å²) in [5, 5.41) is 5.44. The van der Waals surface area contributed by atoms with E-state index in [4.69, 9.17) is 0 Å². The van der Waals surface area contributed by atoms with E-state index in [1.807, 2.05) is 0 Å². The fourth-order valence-corrected chi connectivity index (χ4v) is 3.44. The lowest BCUT2D eigenvalue weighted by Crippen LogP contribution is -2.44. The summed E-state index contributed by atoms with van der Waals surface area (Å²) in [6, 6.07) is 5.48. The van der Waals surface area contributed by atoms with Gasteiger partial charge in [0, 0.05) is 19.6 Å². The average Bonchev–Trinajstić information content (AvgIpc) is 3.00. The number of hydrogen-bond acceptors (Lipinski definition) is 3. The van der Waals surface area contributed by atoms with E-state index in [2.05, 4.69) is 38.0 Å². The Balaban J connectivity index is 1.98. The van der Waals surface area contributed by atoms with E-state index in [1.165, 1.54) is 23.1 Å². The van der Waals surface area contributed by atoms with Crippen LogP contribution in [0.1, 0.15) is 32.8 Å². The Hall–Kier alpha value is -2.70. The molecule has 1 fully saturated rings. The van der Waals surface area contributed by atoms with Crippen molar-refractivity contribution in [2.24, 2.45) is 11.3 Å². The lowest BCUT2D eigenvalue weighted by atomic mass is 9.82. The summed E-state index contributed by atoms with van der Waals surface area (Å²) in [5.41, 5.74) is 0.719. The van der Waals surface area contributed by atoms with Crippen LogP contribution in [0.4, 0.5) is 4.39 Å². The molecule has 28 heavy (non-hydrogen) atoms. The zero-order valence-corrected chi connectivity index (χ0v) is 16.6. The van der Waals surface area contributed by atoms with E-state index in [0.29, 0.717) is 12.1 Å². The van der Waals surface area contributed by atoms with E-state index < -0.39 is 11.8 Å². The van der Waals surface area contributed by atoms with Gasteiger partial charge in [-0.2, -0.15) is 0 Å². The van der Waals surface area contributed by atoms with Crippen LogP contribution in [-0.2, 0) is 20.9 Å². The van der Waals surface area contributed by atoms with Gasteiger partial charge in [0.2, 0.25) is 5.91 Å². The molecule has 0 radical (unpaired) electrons. The first-order chi connectivity index (χ1) is 13.1. The molecule has 1 heterocycles. The monoisotopic (exact) mass is 389 g/mol. The molecule has 1 aliphatic rings. The van der Waals surface area contributed by atoms with Gasteiger partial charge in [0.1, 0.15) is 5.82 Å². The fourth-order valence-electron chi connectivity index (χ4n) is 3.44. The Morgan fingerprint density at radius 3 is 2.43 bits per heavy atom. The third-order valence-electron chi connectivity index (χ3n) is 4.68. The molecular formula is C21H28FN3O3. The average molecular weight is 389 g/mol. The smallest absolute Gasteiger partial charge is 0.311 e. The maximum absolute atomic E-state index is 12.9. The molecule has 2 atom stereocenters. The second-order valence-corrected chi connectivity index (χ2v) is 8.36. The molecule has 1 aromatic rings. The summed E-state index contributed by atoms with van der Waals surface area (Å²) < 4.78 is 12.9. The Morgan fingerprint density at radius 2 is 1.86 bits per heavy atom.